The Balaban J connectivity index is 2.70. The zero-order chi connectivity index (χ0) is 22.5. The number of rotatable bonds is 8. The van der Waals surface area contributed by atoms with Crippen LogP contribution >= 0.6 is 0 Å². The Hall–Kier alpha value is -1.30. The van der Waals surface area contributed by atoms with Crippen molar-refractivity contribution in [3.63, 3.8) is 0 Å². The Morgan fingerprint density at radius 2 is 1.90 bits per heavy atom. The average molecular weight is 434 g/mol. The molecule has 1 heterocycles. The van der Waals surface area contributed by atoms with Crippen molar-refractivity contribution in [2.45, 2.75) is 82.3 Å². The van der Waals surface area contributed by atoms with Gasteiger partial charge in [0.25, 0.3) is 0 Å². The first kappa shape index (κ1) is 26.7. The summed E-state index contributed by atoms with van der Waals surface area (Å²) in [5, 5.41) is 42.8. The third-order valence-electron chi connectivity index (χ3n) is 5.28. The van der Waals surface area contributed by atoms with Gasteiger partial charge in [0.1, 0.15) is 24.4 Å². The largest absolute Gasteiger partial charge is 0.394 e. The van der Waals surface area contributed by atoms with Crippen LogP contribution in [0.25, 0.3) is 0 Å². The standard InChI is InChI=1S/C20H39N3O7/c1-14(25)22-9-5-4-8-15(21)20(29)23-10-6-2-3-7-11-30-19(17(27)13-24)18(28)16(26)12-23/h15-19,24,26-28H,2-13,21H2,1H3,(H,22,25)/t15-,16+,17+,18+,19+/m0/s1. The lowest BCUT2D eigenvalue weighted by Crippen LogP contribution is -2.54. The number of aliphatic hydroxyl groups excluding tert-OH is 4. The maximum Gasteiger partial charge on any atom is 0.239 e. The van der Waals surface area contributed by atoms with Gasteiger partial charge in [0.2, 0.25) is 11.8 Å². The molecule has 10 nitrogen and oxygen atoms in total. The van der Waals surface area contributed by atoms with Crippen molar-refractivity contribution in [3.05, 3.63) is 0 Å². The van der Waals surface area contributed by atoms with Gasteiger partial charge in [-0.1, -0.05) is 12.8 Å². The first-order valence-electron chi connectivity index (χ1n) is 10.8. The van der Waals surface area contributed by atoms with Gasteiger partial charge in [0, 0.05) is 33.2 Å². The minimum absolute atomic E-state index is 0.101. The summed E-state index contributed by atoms with van der Waals surface area (Å²) in [7, 11) is 0. The summed E-state index contributed by atoms with van der Waals surface area (Å²) in [6, 6.07) is -0.741. The highest BCUT2D eigenvalue weighted by molar-refractivity contribution is 5.81. The Kier molecular flexibility index (Phi) is 13.1. The van der Waals surface area contributed by atoms with Crippen molar-refractivity contribution < 1.29 is 34.8 Å². The van der Waals surface area contributed by atoms with Crippen molar-refractivity contribution in [3.8, 4) is 0 Å². The lowest BCUT2D eigenvalue weighted by Gasteiger charge is -2.34. The van der Waals surface area contributed by atoms with Crippen LogP contribution < -0.4 is 11.1 Å². The summed E-state index contributed by atoms with van der Waals surface area (Å²) < 4.78 is 5.51. The van der Waals surface area contributed by atoms with Gasteiger partial charge < -0.3 is 41.1 Å². The maximum atomic E-state index is 12.8. The number of nitrogens with zero attached hydrogens (tertiary/aromatic N) is 1. The highest BCUT2D eigenvalue weighted by Crippen LogP contribution is 2.15. The molecule has 0 aliphatic carbocycles. The van der Waals surface area contributed by atoms with E-state index in [0.29, 0.717) is 45.4 Å². The number of amides is 2. The zero-order valence-electron chi connectivity index (χ0n) is 17.9. The number of aliphatic hydroxyl groups is 4. The lowest BCUT2D eigenvalue weighted by atomic mass is 10.0. The Bertz CT molecular complexity index is 509. The van der Waals surface area contributed by atoms with Gasteiger partial charge in [-0.3, -0.25) is 9.59 Å². The number of carbonyl (C=O) groups excluding carboxylic acids is 2. The van der Waals surface area contributed by atoms with Crippen LogP contribution in [0.5, 0.6) is 0 Å². The van der Waals surface area contributed by atoms with E-state index in [4.69, 9.17) is 10.5 Å². The molecule has 0 unspecified atom stereocenters. The number of nitrogens with one attached hydrogen (secondary N) is 1. The minimum atomic E-state index is -1.46. The van der Waals surface area contributed by atoms with E-state index < -0.39 is 37.1 Å². The lowest BCUT2D eigenvalue weighted by molar-refractivity contribution is -0.152. The molecule has 7 N–H and O–H groups in total. The second-order valence-electron chi connectivity index (χ2n) is 7.93. The molecule has 0 aromatic heterocycles. The summed E-state index contributed by atoms with van der Waals surface area (Å²) in [4.78, 5) is 25.2. The van der Waals surface area contributed by atoms with Gasteiger partial charge in [-0.2, -0.15) is 0 Å². The summed E-state index contributed by atoms with van der Waals surface area (Å²) in [6.45, 7) is 1.94. The van der Waals surface area contributed by atoms with Crippen LogP contribution in [0, 0.1) is 0 Å². The average Bonchev–Trinajstić information content (AvgIpc) is 2.71. The molecular weight excluding hydrogens is 394 g/mol. The molecule has 1 rings (SSSR count). The summed E-state index contributed by atoms with van der Waals surface area (Å²) in [6.07, 6.45) is -0.305. The SMILES string of the molecule is CC(=O)NCCCC[C@H](N)C(=O)N1CCCCCCO[C@H]([C@H](O)CO)[C@H](O)[C@H](O)C1. The fourth-order valence-electron chi connectivity index (χ4n) is 3.47. The van der Waals surface area contributed by atoms with Crippen LogP contribution in [-0.2, 0) is 14.3 Å². The quantitative estimate of drug-likeness (QED) is 0.251. The molecular formula is C20H39N3O7. The number of β-amino-alcohol motifs (C(OH)–C–C–N with tert-alkyl or cyclic N) is 1. The third-order valence-corrected chi connectivity index (χ3v) is 5.28. The van der Waals surface area contributed by atoms with Crippen LogP contribution in [0.2, 0.25) is 0 Å². The first-order chi connectivity index (χ1) is 14.3. The third kappa shape index (κ3) is 9.67. The second kappa shape index (κ2) is 14.7. The van der Waals surface area contributed by atoms with Crippen LogP contribution in [0.1, 0.15) is 51.9 Å². The number of ether oxygens (including phenoxy) is 1. The molecule has 176 valence electrons. The van der Waals surface area contributed by atoms with Crippen molar-refractivity contribution >= 4 is 11.8 Å². The first-order valence-corrected chi connectivity index (χ1v) is 10.8. The normalized spacial score (nSPS) is 26.2. The molecule has 30 heavy (non-hydrogen) atoms. The fourth-order valence-corrected chi connectivity index (χ4v) is 3.47. The van der Waals surface area contributed by atoms with Crippen LogP contribution in [0.3, 0.4) is 0 Å². The molecule has 1 saturated heterocycles. The monoisotopic (exact) mass is 433 g/mol. The fraction of sp³-hybridized carbons (Fsp3) is 0.900. The van der Waals surface area contributed by atoms with Gasteiger partial charge in [0.05, 0.1) is 12.6 Å². The van der Waals surface area contributed by atoms with Gasteiger partial charge in [0.15, 0.2) is 0 Å². The summed E-state index contributed by atoms with van der Waals surface area (Å²) in [5.74, 6) is -0.408. The number of hydrogen-bond acceptors (Lipinski definition) is 8. The Morgan fingerprint density at radius 3 is 2.57 bits per heavy atom. The van der Waals surface area contributed by atoms with E-state index in [1.165, 1.54) is 11.8 Å². The minimum Gasteiger partial charge on any atom is -0.394 e. The van der Waals surface area contributed by atoms with Gasteiger partial charge in [-0.15, -0.1) is 0 Å². The molecule has 5 atom stereocenters. The molecule has 1 aliphatic heterocycles. The number of unbranched alkanes of at least 4 members (excludes halogenated alkanes) is 1. The number of carbonyl (C=O) groups is 2. The smallest absolute Gasteiger partial charge is 0.239 e. The molecule has 1 fully saturated rings. The molecule has 0 aromatic rings. The molecule has 0 spiro atoms. The van der Waals surface area contributed by atoms with Crippen molar-refractivity contribution in [1.82, 2.24) is 10.2 Å². The van der Waals surface area contributed by atoms with Crippen molar-refractivity contribution in [1.29, 1.82) is 0 Å². The zero-order valence-corrected chi connectivity index (χ0v) is 17.9. The van der Waals surface area contributed by atoms with E-state index in [2.05, 4.69) is 5.32 Å². The Morgan fingerprint density at radius 1 is 1.20 bits per heavy atom. The van der Waals surface area contributed by atoms with Crippen LogP contribution in [0.15, 0.2) is 0 Å². The highest BCUT2D eigenvalue weighted by atomic mass is 16.5. The topological polar surface area (TPSA) is 166 Å². The number of hydrogen-bond donors (Lipinski definition) is 6. The van der Waals surface area contributed by atoms with E-state index >= 15 is 0 Å². The summed E-state index contributed by atoms with van der Waals surface area (Å²) in [5.41, 5.74) is 6.06. The van der Waals surface area contributed by atoms with E-state index in [9.17, 15) is 30.0 Å². The molecule has 1 aliphatic rings. The molecule has 0 bridgehead atoms. The van der Waals surface area contributed by atoms with Crippen LogP contribution in [-0.4, -0.2) is 100 Å². The molecule has 0 aromatic carbocycles. The summed E-state index contributed by atoms with van der Waals surface area (Å²) >= 11 is 0. The van der Waals surface area contributed by atoms with E-state index in [0.717, 1.165) is 19.3 Å². The van der Waals surface area contributed by atoms with Gasteiger partial charge in [-0.05, 0) is 32.1 Å². The second-order valence-corrected chi connectivity index (χ2v) is 7.93. The Labute approximate surface area is 178 Å². The molecule has 2 amide bonds. The van der Waals surface area contributed by atoms with E-state index in [1.807, 2.05) is 0 Å². The molecule has 0 saturated carbocycles. The van der Waals surface area contributed by atoms with E-state index in [1.54, 1.807) is 0 Å². The highest BCUT2D eigenvalue weighted by Gasteiger charge is 2.35. The maximum absolute atomic E-state index is 12.8. The van der Waals surface area contributed by atoms with Gasteiger partial charge >= 0.3 is 0 Å². The molecule has 0 radical (unpaired) electrons. The van der Waals surface area contributed by atoms with Crippen molar-refractivity contribution in [2.24, 2.45) is 5.73 Å². The molecule has 10 heteroatoms. The van der Waals surface area contributed by atoms with Gasteiger partial charge in [-0.25, -0.2) is 0 Å². The van der Waals surface area contributed by atoms with Crippen molar-refractivity contribution in [2.75, 3.05) is 32.8 Å². The van der Waals surface area contributed by atoms with E-state index in [-0.39, 0.29) is 18.4 Å². The van der Waals surface area contributed by atoms with Crippen LogP contribution in [0.4, 0.5) is 0 Å². The number of nitrogens with two attached hydrogens (primary N) is 1. The predicted molar refractivity (Wildman–Crippen MR) is 110 cm³/mol. The predicted octanol–water partition coefficient (Wildman–Crippen LogP) is -1.52.